The van der Waals surface area contributed by atoms with E-state index in [2.05, 4.69) is 10.3 Å². The fraction of sp³-hybridized carbons (Fsp3) is 0.346. The lowest BCUT2D eigenvalue weighted by Gasteiger charge is -2.21. The topological polar surface area (TPSA) is 118 Å². The summed E-state index contributed by atoms with van der Waals surface area (Å²) < 4.78 is 19.9. The highest BCUT2D eigenvalue weighted by Crippen LogP contribution is 2.36. The summed E-state index contributed by atoms with van der Waals surface area (Å²) in [7, 11) is 1.36. The SMILES string of the molecule is COC(=O)N1CCC(c2cnc(N)c(C3=CC(F)=C(C(=O)N[C@H](CO)c4ccccc4)CC3)c2)C1. The van der Waals surface area contributed by atoms with Gasteiger partial charge in [-0.15, -0.1) is 0 Å². The van der Waals surface area contributed by atoms with Gasteiger partial charge in [0.1, 0.15) is 11.6 Å². The number of anilines is 1. The largest absolute Gasteiger partial charge is 0.453 e. The molecule has 1 aromatic heterocycles. The lowest BCUT2D eigenvalue weighted by molar-refractivity contribution is -0.118. The minimum absolute atomic E-state index is 0.0373. The number of hydrogen-bond donors (Lipinski definition) is 3. The lowest BCUT2D eigenvalue weighted by Crippen LogP contribution is -2.32. The number of halogens is 1. The van der Waals surface area contributed by atoms with Gasteiger partial charge in [-0.3, -0.25) is 4.79 Å². The Balaban J connectivity index is 1.52. The quantitative estimate of drug-likeness (QED) is 0.583. The number of nitrogens with one attached hydrogen (secondary N) is 1. The summed E-state index contributed by atoms with van der Waals surface area (Å²) in [6.45, 7) is 0.811. The summed E-state index contributed by atoms with van der Waals surface area (Å²) >= 11 is 0. The van der Waals surface area contributed by atoms with Crippen LogP contribution < -0.4 is 11.1 Å². The van der Waals surface area contributed by atoms with E-state index in [1.807, 2.05) is 24.3 Å². The number of hydrogen-bond acceptors (Lipinski definition) is 6. The van der Waals surface area contributed by atoms with Crippen LogP contribution in [0.3, 0.4) is 0 Å². The number of carbonyl (C=O) groups excluding carboxylic acids is 2. The number of pyridine rings is 1. The lowest BCUT2D eigenvalue weighted by atomic mass is 9.90. The van der Waals surface area contributed by atoms with Gasteiger partial charge in [0.2, 0.25) is 0 Å². The number of rotatable bonds is 6. The maximum atomic E-state index is 15.1. The number of methoxy groups -OCH3 is 1. The second-order valence-corrected chi connectivity index (χ2v) is 8.72. The Bertz CT molecular complexity index is 1170. The molecule has 0 bridgehead atoms. The highest BCUT2D eigenvalue weighted by molar-refractivity contribution is 5.96. The van der Waals surface area contributed by atoms with E-state index < -0.39 is 17.8 Å². The smallest absolute Gasteiger partial charge is 0.409 e. The number of benzene rings is 1. The highest BCUT2D eigenvalue weighted by atomic mass is 19.1. The van der Waals surface area contributed by atoms with Crippen LogP contribution in [0, 0.1) is 0 Å². The number of aliphatic hydroxyl groups excluding tert-OH is 1. The molecule has 1 unspecified atom stereocenters. The van der Waals surface area contributed by atoms with Gasteiger partial charge < -0.3 is 25.8 Å². The zero-order valence-electron chi connectivity index (χ0n) is 19.5. The third-order valence-corrected chi connectivity index (χ3v) is 6.58. The van der Waals surface area contributed by atoms with E-state index in [1.54, 1.807) is 23.2 Å². The molecule has 35 heavy (non-hydrogen) atoms. The number of aliphatic hydroxyl groups is 1. The molecule has 2 atom stereocenters. The average molecular weight is 481 g/mol. The van der Waals surface area contributed by atoms with Crippen LogP contribution in [0.5, 0.6) is 0 Å². The van der Waals surface area contributed by atoms with E-state index in [1.165, 1.54) is 13.2 Å². The molecule has 4 N–H and O–H groups in total. The maximum Gasteiger partial charge on any atom is 0.409 e. The van der Waals surface area contributed by atoms with E-state index in [4.69, 9.17) is 10.5 Å². The second-order valence-electron chi connectivity index (χ2n) is 8.72. The van der Waals surface area contributed by atoms with Crippen molar-refractivity contribution >= 4 is 23.4 Å². The molecule has 1 aliphatic heterocycles. The Labute approximate surface area is 203 Å². The Morgan fingerprint density at radius 2 is 2.09 bits per heavy atom. The minimum atomic E-state index is -0.629. The van der Waals surface area contributed by atoms with Crippen molar-refractivity contribution in [2.75, 3.05) is 32.5 Å². The van der Waals surface area contributed by atoms with Crippen molar-refractivity contribution in [2.24, 2.45) is 0 Å². The predicted octanol–water partition coefficient (Wildman–Crippen LogP) is 3.47. The van der Waals surface area contributed by atoms with E-state index >= 15 is 4.39 Å². The van der Waals surface area contributed by atoms with Gasteiger partial charge in [0.25, 0.3) is 5.91 Å². The first-order valence-electron chi connectivity index (χ1n) is 11.6. The van der Waals surface area contributed by atoms with Crippen molar-refractivity contribution in [3.8, 4) is 0 Å². The predicted molar refractivity (Wildman–Crippen MR) is 130 cm³/mol. The van der Waals surface area contributed by atoms with Gasteiger partial charge in [0, 0.05) is 30.8 Å². The van der Waals surface area contributed by atoms with Crippen LogP contribution in [0.1, 0.15) is 47.9 Å². The van der Waals surface area contributed by atoms with Gasteiger partial charge in [0.05, 0.1) is 25.3 Å². The summed E-state index contributed by atoms with van der Waals surface area (Å²) in [5, 5.41) is 12.4. The number of carbonyl (C=O) groups is 2. The molecule has 2 aliphatic rings. The highest BCUT2D eigenvalue weighted by Gasteiger charge is 2.29. The Morgan fingerprint density at radius 1 is 1.31 bits per heavy atom. The third-order valence-electron chi connectivity index (χ3n) is 6.58. The zero-order chi connectivity index (χ0) is 24.9. The molecule has 0 spiro atoms. The number of nitrogens with zero attached hydrogens (tertiary/aromatic N) is 2. The number of amides is 2. The zero-order valence-corrected chi connectivity index (χ0v) is 19.5. The normalized spacial score (nSPS) is 18.8. The molecule has 1 saturated heterocycles. The van der Waals surface area contributed by atoms with Crippen LogP contribution in [0.2, 0.25) is 0 Å². The molecule has 2 aromatic rings. The monoisotopic (exact) mass is 480 g/mol. The van der Waals surface area contributed by atoms with Gasteiger partial charge in [0.15, 0.2) is 0 Å². The van der Waals surface area contributed by atoms with Crippen LogP contribution in [0.25, 0.3) is 5.57 Å². The summed E-state index contributed by atoms with van der Waals surface area (Å²) in [5.74, 6) is -0.807. The fourth-order valence-electron chi connectivity index (χ4n) is 4.59. The van der Waals surface area contributed by atoms with Crippen molar-refractivity contribution in [3.63, 3.8) is 0 Å². The second kappa shape index (κ2) is 10.7. The number of ether oxygens (including phenoxy) is 1. The summed E-state index contributed by atoms with van der Waals surface area (Å²) in [4.78, 5) is 30.5. The number of nitrogens with two attached hydrogens (primary N) is 1. The first-order chi connectivity index (χ1) is 16.9. The molecule has 184 valence electrons. The first-order valence-corrected chi connectivity index (χ1v) is 11.6. The van der Waals surface area contributed by atoms with Crippen LogP contribution >= 0.6 is 0 Å². The summed E-state index contributed by atoms with van der Waals surface area (Å²) in [5.41, 5.74) is 9.11. The Kier molecular flexibility index (Phi) is 7.45. The molecular formula is C26H29FN4O4. The molecule has 9 heteroatoms. The van der Waals surface area contributed by atoms with Crippen LogP contribution in [0.15, 0.2) is 60.1 Å². The van der Waals surface area contributed by atoms with Crippen molar-refractivity contribution in [1.82, 2.24) is 15.2 Å². The maximum absolute atomic E-state index is 15.1. The molecule has 4 rings (SSSR count). The van der Waals surface area contributed by atoms with Crippen molar-refractivity contribution in [1.29, 1.82) is 0 Å². The van der Waals surface area contributed by atoms with E-state index in [9.17, 15) is 14.7 Å². The number of likely N-dealkylation sites (tertiary alicyclic amines) is 1. The first kappa shape index (κ1) is 24.4. The molecule has 1 aromatic carbocycles. The molecular weight excluding hydrogens is 451 g/mol. The number of aromatic nitrogens is 1. The van der Waals surface area contributed by atoms with Crippen LogP contribution in [-0.4, -0.2) is 53.8 Å². The summed E-state index contributed by atoms with van der Waals surface area (Å²) in [6, 6.07) is 10.3. The molecule has 1 aliphatic carbocycles. The van der Waals surface area contributed by atoms with Crippen molar-refractivity contribution in [3.05, 3.63) is 76.8 Å². The number of allylic oxidation sites excluding steroid dienone is 3. The van der Waals surface area contributed by atoms with Gasteiger partial charge in [-0.25, -0.2) is 14.2 Å². The van der Waals surface area contributed by atoms with E-state index in [-0.39, 0.29) is 36.4 Å². The van der Waals surface area contributed by atoms with Crippen LogP contribution in [-0.2, 0) is 9.53 Å². The standard InChI is InChI=1S/C26H29FN4O4/c1-35-26(34)31-10-9-18(14-31)19-11-21(24(28)29-13-19)17-7-8-20(22(27)12-17)25(33)30-23(15-32)16-5-3-2-4-6-16/h2-6,11-13,18,23,32H,7-10,14-15H2,1H3,(H2,28,29)(H,30,33)/t18?,23-/m1/s1. The van der Waals surface area contributed by atoms with Gasteiger partial charge >= 0.3 is 6.09 Å². The van der Waals surface area contributed by atoms with E-state index in [0.29, 0.717) is 30.6 Å². The van der Waals surface area contributed by atoms with Gasteiger partial charge in [-0.05, 0) is 48.1 Å². The third kappa shape index (κ3) is 5.35. The molecule has 0 saturated carbocycles. The van der Waals surface area contributed by atoms with Gasteiger partial charge in [-0.2, -0.15) is 0 Å². The average Bonchev–Trinajstić information content (AvgIpc) is 3.38. The Hall–Kier alpha value is -3.72. The van der Waals surface area contributed by atoms with Gasteiger partial charge in [-0.1, -0.05) is 30.3 Å². The van der Waals surface area contributed by atoms with E-state index in [0.717, 1.165) is 17.5 Å². The molecule has 1 fully saturated rings. The number of nitrogen functional groups attached to an aromatic ring is 1. The fourth-order valence-corrected chi connectivity index (χ4v) is 4.59. The summed E-state index contributed by atoms with van der Waals surface area (Å²) in [6.07, 6.45) is 4.04. The minimum Gasteiger partial charge on any atom is -0.453 e. The van der Waals surface area contributed by atoms with Crippen LogP contribution in [0.4, 0.5) is 15.0 Å². The molecule has 2 heterocycles. The molecule has 8 nitrogen and oxygen atoms in total. The molecule has 2 amide bonds. The molecule has 0 radical (unpaired) electrons. The van der Waals surface area contributed by atoms with Crippen molar-refractivity contribution in [2.45, 2.75) is 31.2 Å². The Morgan fingerprint density at radius 3 is 2.77 bits per heavy atom. The van der Waals surface area contributed by atoms with Crippen molar-refractivity contribution < 1.29 is 23.8 Å².